The highest BCUT2D eigenvalue weighted by Gasteiger charge is 2.33. The number of ether oxygens (including phenoxy) is 3. The molecule has 33 heavy (non-hydrogen) atoms. The van der Waals surface area contributed by atoms with Crippen LogP contribution in [0.1, 0.15) is 22.6 Å². The summed E-state index contributed by atoms with van der Waals surface area (Å²) in [5.41, 5.74) is 8.20. The Morgan fingerprint density at radius 2 is 1.76 bits per heavy atom. The number of carbonyl (C=O) groups excluding carboxylic acids is 1. The molecule has 0 radical (unpaired) electrons. The van der Waals surface area contributed by atoms with Crippen molar-refractivity contribution in [2.45, 2.75) is 12.3 Å². The van der Waals surface area contributed by atoms with Gasteiger partial charge in [-0.3, -0.25) is 4.79 Å². The lowest BCUT2D eigenvalue weighted by molar-refractivity contribution is -0.133. The summed E-state index contributed by atoms with van der Waals surface area (Å²) in [7, 11) is 1.58. The third-order valence-electron chi connectivity index (χ3n) is 5.22. The molecular formula is C25H18Cl2N2O4. The zero-order chi connectivity index (χ0) is 23.5. The van der Waals surface area contributed by atoms with E-state index in [1.165, 1.54) is 0 Å². The molecule has 0 aliphatic carbocycles. The Hall–Kier alpha value is -3.66. The lowest BCUT2D eigenvalue weighted by Gasteiger charge is -2.27. The molecule has 4 rings (SSSR count). The van der Waals surface area contributed by atoms with Gasteiger partial charge in [-0.15, -0.1) is 0 Å². The Bertz CT molecular complexity index is 1280. The van der Waals surface area contributed by atoms with E-state index in [1.54, 1.807) is 67.8 Å². The largest absolute Gasteiger partial charge is 0.497 e. The van der Waals surface area contributed by atoms with Crippen molar-refractivity contribution < 1.29 is 19.0 Å². The molecule has 0 aromatic heterocycles. The van der Waals surface area contributed by atoms with Crippen molar-refractivity contribution in [2.75, 3.05) is 7.11 Å². The molecule has 3 aromatic rings. The first-order valence-corrected chi connectivity index (χ1v) is 10.7. The number of esters is 1. The van der Waals surface area contributed by atoms with Crippen LogP contribution in [0.25, 0.3) is 0 Å². The van der Waals surface area contributed by atoms with Gasteiger partial charge >= 0.3 is 5.97 Å². The number of nitrogens with zero attached hydrogens (tertiary/aromatic N) is 1. The van der Waals surface area contributed by atoms with Crippen LogP contribution in [0.4, 0.5) is 0 Å². The van der Waals surface area contributed by atoms with Crippen molar-refractivity contribution in [3.05, 3.63) is 98.9 Å². The van der Waals surface area contributed by atoms with Gasteiger partial charge in [-0.1, -0.05) is 47.5 Å². The van der Waals surface area contributed by atoms with E-state index in [-0.39, 0.29) is 23.6 Å². The number of fused-ring (bicyclic) bond motifs is 1. The van der Waals surface area contributed by atoms with Crippen molar-refractivity contribution in [1.29, 1.82) is 5.26 Å². The summed E-state index contributed by atoms with van der Waals surface area (Å²) in [5, 5.41) is 10.5. The van der Waals surface area contributed by atoms with E-state index in [0.29, 0.717) is 32.7 Å². The predicted octanol–water partition coefficient (Wildman–Crippen LogP) is 5.37. The minimum atomic E-state index is -0.621. The SMILES string of the molecule is COc1ccc(CC(=O)Oc2ccc3c(c2)OC(N)=C(C#N)C3c2c(Cl)cccc2Cl)cc1. The van der Waals surface area contributed by atoms with Gasteiger partial charge in [0.25, 0.3) is 0 Å². The van der Waals surface area contributed by atoms with Crippen molar-refractivity contribution in [3.8, 4) is 23.3 Å². The number of nitriles is 1. The number of methoxy groups -OCH3 is 1. The van der Waals surface area contributed by atoms with Crippen LogP contribution in [0.3, 0.4) is 0 Å². The highest BCUT2D eigenvalue weighted by molar-refractivity contribution is 6.36. The molecule has 6 nitrogen and oxygen atoms in total. The minimum absolute atomic E-state index is 0.0623. The van der Waals surface area contributed by atoms with Crippen LogP contribution in [0.2, 0.25) is 10.0 Å². The first kappa shape index (κ1) is 22.5. The van der Waals surface area contributed by atoms with Crippen molar-refractivity contribution >= 4 is 29.2 Å². The zero-order valence-corrected chi connectivity index (χ0v) is 19.0. The van der Waals surface area contributed by atoms with Crippen LogP contribution >= 0.6 is 23.2 Å². The lowest BCUT2D eigenvalue weighted by atomic mass is 9.83. The van der Waals surface area contributed by atoms with Gasteiger partial charge in [0, 0.05) is 27.2 Å². The standard InChI is InChI=1S/C25H18Cl2N2O4/c1-31-15-7-5-14(6-8-15)11-22(30)32-16-9-10-17-21(12-16)33-25(29)18(13-28)23(17)24-19(26)3-2-4-20(24)27/h2-10,12,23H,11,29H2,1H3. The maximum absolute atomic E-state index is 12.4. The molecule has 0 saturated carbocycles. The van der Waals surface area contributed by atoms with Crippen molar-refractivity contribution in [1.82, 2.24) is 0 Å². The number of halogens is 2. The number of hydrogen-bond donors (Lipinski definition) is 1. The second kappa shape index (κ2) is 9.45. The number of nitrogens with two attached hydrogens (primary N) is 1. The summed E-state index contributed by atoms with van der Waals surface area (Å²) >= 11 is 12.8. The molecule has 1 atom stereocenters. The molecule has 3 aromatic carbocycles. The molecule has 0 spiro atoms. The second-order valence-electron chi connectivity index (χ2n) is 7.26. The number of carbonyl (C=O) groups is 1. The summed E-state index contributed by atoms with van der Waals surface area (Å²) in [4.78, 5) is 12.4. The summed E-state index contributed by atoms with van der Waals surface area (Å²) in [6.45, 7) is 0. The third-order valence-corrected chi connectivity index (χ3v) is 5.88. The maximum atomic E-state index is 12.4. The predicted molar refractivity (Wildman–Crippen MR) is 125 cm³/mol. The van der Waals surface area contributed by atoms with E-state index in [2.05, 4.69) is 6.07 Å². The summed E-state index contributed by atoms with van der Waals surface area (Å²) in [6.07, 6.45) is 0.0837. The van der Waals surface area contributed by atoms with Crippen LogP contribution in [0.15, 0.2) is 72.1 Å². The van der Waals surface area contributed by atoms with Crippen LogP contribution in [-0.4, -0.2) is 13.1 Å². The van der Waals surface area contributed by atoms with Gasteiger partial charge in [-0.05, 0) is 35.9 Å². The van der Waals surface area contributed by atoms with Crippen molar-refractivity contribution in [3.63, 3.8) is 0 Å². The summed E-state index contributed by atoms with van der Waals surface area (Å²) < 4.78 is 16.3. The second-order valence-corrected chi connectivity index (χ2v) is 8.07. The fraction of sp³-hybridized carbons (Fsp3) is 0.120. The monoisotopic (exact) mass is 480 g/mol. The normalized spacial score (nSPS) is 14.7. The van der Waals surface area contributed by atoms with Crippen LogP contribution in [0, 0.1) is 11.3 Å². The topological polar surface area (TPSA) is 94.6 Å². The first-order valence-electron chi connectivity index (χ1n) is 9.90. The van der Waals surface area contributed by atoms with Crippen molar-refractivity contribution in [2.24, 2.45) is 5.73 Å². The number of allylic oxidation sites excluding steroid dienone is 1. The Morgan fingerprint density at radius 1 is 1.09 bits per heavy atom. The molecule has 0 saturated heterocycles. The van der Waals surface area contributed by atoms with E-state index < -0.39 is 11.9 Å². The molecule has 1 aliphatic rings. The molecule has 0 fully saturated rings. The van der Waals surface area contributed by atoms with E-state index in [4.69, 9.17) is 43.1 Å². The Morgan fingerprint density at radius 3 is 2.39 bits per heavy atom. The van der Waals surface area contributed by atoms with Gasteiger partial charge in [0.1, 0.15) is 28.9 Å². The summed E-state index contributed by atoms with van der Waals surface area (Å²) in [5.74, 6) is 0.209. The third kappa shape index (κ3) is 4.61. The average molecular weight is 481 g/mol. The Labute approximate surface area is 200 Å². The number of benzene rings is 3. The molecular weight excluding hydrogens is 463 g/mol. The van der Waals surface area contributed by atoms with Crippen LogP contribution in [0.5, 0.6) is 17.2 Å². The van der Waals surface area contributed by atoms with E-state index in [9.17, 15) is 10.1 Å². The minimum Gasteiger partial charge on any atom is -0.497 e. The van der Waals surface area contributed by atoms with Gasteiger partial charge < -0.3 is 19.9 Å². The molecule has 1 heterocycles. The van der Waals surface area contributed by atoms with Crippen LogP contribution in [-0.2, 0) is 11.2 Å². The molecule has 166 valence electrons. The van der Waals surface area contributed by atoms with E-state index in [0.717, 1.165) is 5.56 Å². The Kier molecular flexibility index (Phi) is 6.45. The Balaban J connectivity index is 1.62. The fourth-order valence-corrected chi connectivity index (χ4v) is 4.28. The number of hydrogen-bond acceptors (Lipinski definition) is 6. The van der Waals surface area contributed by atoms with Gasteiger partial charge in [-0.25, -0.2) is 0 Å². The molecule has 0 amide bonds. The molecule has 1 unspecified atom stereocenters. The van der Waals surface area contributed by atoms with E-state index in [1.807, 2.05) is 0 Å². The van der Waals surface area contributed by atoms with Gasteiger partial charge in [-0.2, -0.15) is 5.26 Å². The average Bonchev–Trinajstić information content (AvgIpc) is 2.79. The van der Waals surface area contributed by atoms with Gasteiger partial charge in [0.05, 0.1) is 19.4 Å². The lowest BCUT2D eigenvalue weighted by Crippen LogP contribution is -2.21. The highest BCUT2D eigenvalue weighted by atomic mass is 35.5. The highest BCUT2D eigenvalue weighted by Crippen LogP contribution is 2.47. The molecule has 2 N–H and O–H groups in total. The van der Waals surface area contributed by atoms with Crippen LogP contribution < -0.4 is 19.9 Å². The maximum Gasteiger partial charge on any atom is 0.315 e. The van der Waals surface area contributed by atoms with E-state index >= 15 is 0 Å². The molecule has 1 aliphatic heterocycles. The zero-order valence-electron chi connectivity index (χ0n) is 17.5. The van der Waals surface area contributed by atoms with Gasteiger partial charge in [0.15, 0.2) is 0 Å². The fourth-order valence-electron chi connectivity index (χ4n) is 3.66. The number of rotatable bonds is 5. The van der Waals surface area contributed by atoms with Gasteiger partial charge in [0.2, 0.25) is 5.88 Å². The molecule has 8 heteroatoms. The molecule has 0 bridgehead atoms. The summed E-state index contributed by atoms with van der Waals surface area (Å²) in [6, 6.07) is 19.2. The smallest absolute Gasteiger partial charge is 0.315 e. The first-order chi connectivity index (χ1) is 15.9. The quantitative estimate of drug-likeness (QED) is 0.389.